The largest absolute Gasteiger partial charge is 0.481 e. The third kappa shape index (κ3) is 5.05. The summed E-state index contributed by atoms with van der Waals surface area (Å²) in [7, 11) is 0. The van der Waals surface area contributed by atoms with Crippen LogP contribution in [0.5, 0.6) is 0 Å². The van der Waals surface area contributed by atoms with E-state index in [0.29, 0.717) is 6.07 Å². The molecule has 0 heterocycles. The van der Waals surface area contributed by atoms with Crippen LogP contribution in [0, 0.1) is 11.6 Å². The quantitative estimate of drug-likeness (QED) is 0.832. The molecule has 0 saturated carbocycles. The van der Waals surface area contributed by atoms with Gasteiger partial charge in [-0.3, -0.25) is 9.59 Å². The lowest BCUT2D eigenvalue weighted by Gasteiger charge is -2.04. The van der Waals surface area contributed by atoms with E-state index in [9.17, 15) is 18.4 Å². The first-order valence-corrected chi connectivity index (χ1v) is 4.95. The maximum atomic E-state index is 12.8. The topological polar surface area (TPSA) is 66.4 Å². The fraction of sp³-hybridized carbons (Fsp3) is 0.273. The van der Waals surface area contributed by atoms with E-state index >= 15 is 0 Å². The summed E-state index contributed by atoms with van der Waals surface area (Å²) >= 11 is 0. The standard InChI is InChI=1S/C11H11F2NO3/c12-7-4-8(13)6-9(5-7)14-10(15)2-1-3-11(16)17/h4-6H,1-3H2,(H,14,15)(H,16,17). The molecule has 0 aliphatic heterocycles. The highest BCUT2D eigenvalue weighted by Crippen LogP contribution is 2.13. The van der Waals surface area contributed by atoms with Crippen LogP contribution in [-0.4, -0.2) is 17.0 Å². The number of anilines is 1. The second-order valence-corrected chi connectivity index (χ2v) is 3.45. The van der Waals surface area contributed by atoms with E-state index < -0.39 is 23.5 Å². The Kier molecular flexibility index (Phi) is 4.56. The van der Waals surface area contributed by atoms with E-state index in [1.165, 1.54) is 0 Å². The van der Waals surface area contributed by atoms with Crippen molar-refractivity contribution in [1.82, 2.24) is 0 Å². The molecule has 92 valence electrons. The predicted octanol–water partition coefficient (Wildman–Crippen LogP) is 2.16. The Balaban J connectivity index is 2.47. The van der Waals surface area contributed by atoms with Gasteiger partial charge in [0.05, 0.1) is 0 Å². The number of carboxylic acids is 1. The second-order valence-electron chi connectivity index (χ2n) is 3.45. The normalized spacial score (nSPS) is 10.0. The zero-order chi connectivity index (χ0) is 12.8. The number of carboxylic acid groups (broad SMARTS) is 1. The molecule has 0 saturated heterocycles. The average Bonchev–Trinajstić information content (AvgIpc) is 2.14. The molecule has 0 bridgehead atoms. The van der Waals surface area contributed by atoms with Crippen LogP contribution in [0.2, 0.25) is 0 Å². The lowest BCUT2D eigenvalue weighted by atomic mass is 10.2. The van der Waals surface area contributed by atoms with Crippen molar-refractivity contribution in [1.29, 1.82) is 0 Å². The SMILES string of the molecule is O=C(O)CCCC(=O)Nc1cc(F)cc(F)c1. The zero-order valence-electron chi connectivity index (χ0n) is 8.87. The molecule has 1 aromatic rings. The van der Waals surface area contributed by atoms with Gasteiger partial charge in [0.1, 0.15) is 11.6 Å². The molecule has 2 N–H and O–H groups in total. The van der Waals surface area contributed by atoms with Crippen molar-refractivity contribution >= 4 is 17.6 Å². The van der Waals surface area contributed by atoms with Crippen LogP contribution < -0.4 is 5.32 Å². The first kappa shape index (κ1) is 13.1. The molecule has 17 heavy (non-hydrogen) atoms. The van der Waals surface area contributed by atoms with Crippen molar-refractivity contribution in [2.45, 2.75) is 19.3 Å². The summed E-state index contributed by atoms with van der Waals surface area (Å²) in [5, 5.41) is 10.6. The number of carbonyl (C=O) groups is 2. The van der Waals surface area contributed by atoms with Gasteiger partial charge in [0.25, 0.3) is 0 Å². The molecule has 0 fully saturated rings. The zero-order valence-corrected chi connectivity index (χ0v) is 8.87. The van der Waals surface area contributed by atoms with Crippen LogP contribution in [0.4, 0.5) is 14.5 Å². The number of rotatable bonds is 5. The van der Waals surface area contributed by atoms with Crippen LogP contribution in [-0.2, 0) is 9.59 Å². The van der Waals surface area contributed by atoms with Crippen molar-refractivity contribution in [3.63, 3.8) is 0 Å². The highest BCUT2D eigenvalue weighted by Gasteiger charge is 2.06. The van der Waals surface area contributed by atoms with E-state index in [-0.39, 0.29) is 24.9 Å². The van der Waals surface area contributed by atoms with Crippen molar-refractivity contribution in [3.8, 4) is 0 Å². The second kappa shape index (κ2) is 5.93. The van der Waals surface area contributed by atoms with Crippen molar-refractivity contribution < 1.29 is 23.5 Å². The molecule has 0 unspecified atom stereocenters. The van der Waals surface area contributed by atoms with Gasteiger partial charge in [-0.25, -0.2) is 8.78 Å². The molecule has 1 aromatic carbocycles. The van der Waals surface area contributed by atoms with Gasteiger partial charge in [-0.15, -0.1) is 0 Å². The minimum absolute atomic E-state index is 0.00949. The summed E-state index contributed by atoms with van der Waals surface area (Å²) in [4.78, 5) is 21.5. The van der Waals surface area contributed by atoms with Gasteiger partial charge in [-0.1, -0.05) is 0 Å². The number of benzene rings is 1. The summed E-state index contributed by atoms with van der Waals surface area (Å²) in [6.45, 7) is 0. The average molecular weight is 243 g/mol. The fourth-order valence-corrected chi connectivity index (χ4v) is 1.25. The molecule has 0 spiro atoms. The van der Waals surface area contributed by atoms with E-state index in [1.54, 1.807) is 0 Å². The third-order valence-electron chi connectivity index (χ3n) is 1.94. The lowest BCUT2D eigenvalue weighted by molar-refractivity contribution is -0.137. The molecule has 0 aliphatic carbocycles. The molecule has 0 radical (unpaired) electrons. The number of carbonyl (C=O) groups excluding carboxylic acids is 1. The molecular formula is C11H11F2NO3. The summed E-state index contributed by atoms with van der Waals surface area (Å²) in [5.74, 6) is -3.04. The first-order chi connectivity index (χ1) is 7.97. The molecule has 0 aliphatic rings. The van der Waals surface area contributed by atoms with Crippen LogP contribution >= 0.6 is 0 Å². The van der Waals surface area contributed by atoms with E-state index in [0.717, 1.165) is 12.1 Å². The highest BCUT2D eigenvalue weighted by molar-refractivity contribution is 5.90. The highest BCUT2D eigenvalue weighted by atomic mass is 19.1. The molecular weight excluding hydrogens is 232 g/mol. The number of hydrogen-bond donors (Lipinski definition) is 2. The van der Waals surface area contributed by atoms with Gasteiger partial charge in [0, 0.05) is 24.6 Å². The smallest absolute Gasteiger partial charge is 0.303 e. The molecule has 6 heteroatoms. The molecule has 0 atom stereocenters. The Morgan fingerprint density at radius 1 is 1.12 bits per heavy atom. The van der Waals surface area contributed by atoms with Gasteiger partial charge >= 0.3 is 5.97 Å². The Hall–Kier alpha value is -1.98. The van der Waals surface area contributed by atoms with Crippen LogP contribution in [0.3, 0.4) is 0 Å². The molecule has 1 rings (SSSR count). The monoisotopic (exact) mass is 243 g/mol. The van der Waals surface area contributed by atoms with Gasteiger partial charge in [0.15, 0.2) is 0 Å². The van der Waals surface area contributed by atoms with Crippen molar-refractivity contribution in [2.24, 2.45) is 0 Å². The Morgan fingerprint density at radius 2 is 1.71 bits per heavy atom. The van der Waals surface area contributed by atoms with Gasteiger partial charge in [-0.2, -0.15) is 0 Å². The maximum Gasteiger partial charge on any atom is 0.303 e. The van der Waals surface area contributed by atoms with E-state index in [4.69, 9.17) is 5.11 Å². The first-order valence-electron chi connectivity index (χ1n) is 4.95. The van der Waals surface area contributed by atoms with Crippen LogP contribution in [0.25, 0.3) is 0 Å². The molecule has 0 aromatic heterocycles. The summed E-state index contributed by atoms with van der Waals surface area (Å²) in [6, 6.07) is 2.66. The Morgan fingerprint density at radius 3 is 2.24 bits per heavy atom. The van der Waals surface area contributed by atoms with Gasteiger partial charge in [-0.05, 0) is 18.6 Å². The minimum Gasteiger partial charge on any atom is -0.481 e. The summed E-state index contributed by atoms with van der Waals surface area (Å²) in [6.07, 6.45) is 0.0499. The number of amides is 1. The number of aliphatic carboxylic acids is 1. The summed E-state index contributed by atoms with van der Waals surface area (Å²) < 4.78 is 25.5. The Labute approximate surface area is 96.3 Å². The Bertz CT molecular complexity index is 414. The third-order valence-corrected chi connectivity index (χ3v) is 1.94. The maximum absolute atomic E-state index is 12.8. The van der Waals surface area contributed by atoms with E-state index in [2.05, 4.69) is 5.32 Å². The summed E-state index contributed by atoms with van der Waals surface area (Å²) in [5.41, 5.74) is 0.0165. The van der Waals surface area contributed by atoms with E-state index in [1.807, 2.05) is 0 Å². The van der Waals surface area contributed by atoms with Gasteiger partial charge in [0.2, 0.25) is 5.91 Å². The molecule has 1 amide bonds. The van der Waals surface area contributed by atoms with Crippen molar-refractivity contribution in [3.05, 3.63) is 29.8 Å². The number of hydrogen-bond acceptors (Lipinski definition) is 2. The van der Waals surface area contributed by atoms with Crippen LogP contribution in [0.15, 0.2) is 18.2 Å². The van der Waals surface area contributed by atoms with Crippen molar-refractivity contribution in [2.75, 3.05) is 5.32 Å². The predicted molar refractivity (Wildman–Crippen MR) is 56.5 cm³/mol. The lowest BCUT2D eigenvalue weighted by Crippen LogP contribution is -2.12. The fourth-order valence-electron chi connectivity index (χ4n) is 1.25. The number of halogens is 2. The van der Waals surface area contributed by atoms with Gasteiger partial charge < -0.3 is 10.4 Å². The molecule has 4 nitrogen and oxygen atoms in total. The van der Waals surface area contributed by atoms with Crippen LogP contribution in [0.1, 0.15) is 19.3 Å². The minimum atomic E-state index is -0.991. The number of nitrogens with one attached hydrogen (secondary N) is 1.